The lowest BCUT2D eigenvalue weighted by atomic mass is 10.0. The summed E-state index contributed by atoms with van der Waals surface area (Å²) in [6.07, 6.45) is 31.8. The van der Waals surface area contributed by atoms with Crippen molar-refractivity contribution in [1.29, 1.82) is 0 Å². The highest BCUT2D eigenvalue weighted by Crippen LogP contribution is 2.60. The number of carbonyl (C=O) groups is 2. The van der Waals surface area contributed by atoms with E-state index in [9.17, 15) is 43.5 Å². The van der Waals surface area contributed by atoms with Gasteiger partial charge >= 0.3 is 33.3 Å². The number of carbonyl (C=O) groups excluding carboxylic acids is 2. The fourth-order valence-corrected chi connectivity index (χ4v) is 11.2. The SMILES string of the molecule is CC(C)CCCCCCCCCCCCCCCCCC(=O)OC[C@H](COP(=O)(O)OP(=O)(O)OC[C@H]1O[C@@H](n2ccc(N)nc2=O)C(O)[C@H]1O)OC(=O)CCCCCCCCCCCCCCCCCC(C)C. The van der Waals surface area contributed by atoms with Gasteiger partial charge in [0, 0.05) is 19.0 Å². The molecular formula is C54H101N3O15P2. The summed E-state index contributed by atoms with van der Waals surface area (Å²) < 4.78 is 57.0. The van der Waals surface area contributed by atoms with E-state index in [2.05, 4.69) is 37.0 Å². The van der Waals surface area contributed by atoms with Gasteiger partial charge in [-0.25, -0.2) is 13.9 Å². The first-order valence-corrected chi connectivity index (χ1v) is 31.8. The van der Waals surface area contributed by atoms with Gasteiger partial charge in [0.05, 0.1) is 13.2 Å². The number of hydrogen-bond acceptors (Lipinski definition) is 15. The maximum Gasteiger partial charge on any atom is 0.481 e. The molecule has 6 N–H and O–H groups in total. The molecular weight excluding hydrogens is 993 g/mol. The Kier molecular flexibility index (Phi) is 37.5. The Morgan fingerprint density at radius 3 is 1.42 bits per heavy atom. The number of aliphatic hydroxyl groups is 2. The van der Waals surface area contributed by atoms with Gasteiger partial charge in [0.15, 0.2) is 12.3 Å². The van der Waals surface area contributed by atoms with Gasteiger partial charge in [-0.05, 0) is 30.7 Å². The summed E-state index contributed by atoms with van der Waals surface area (Å²) in [5.41, 5.74) is 4.60. The van der Waals surface area contributed by atoms with Crippen molar-refractivity contribution in [1.82, 2.24) is 9.55 Å². The zero-order chi connectivity index (χ0) is 54.5. The molecule has 0 amide bonds. The number of nitrogens with zero attached hydrogens (tertiary/aromatic N) is 2. The first kappa shape index (κ1) is 67.9. The molecule has 0 aliphatic carbocycles. The van der Waals surface area contributed by atoms with Gasteiger partial charge in [0.2, 0.25) is 0 Å². The summed E-state index contributed by atoms with van der Waals surface area (Å²) in [4.78, 5) is 62.1. The molecule has 1 aromatic heterocycles. The Morgan fingerprint density at radius 1 is 0.608 bits per heavy atom. The van der Waals surface area contributed by atoms with Crippen LogP contribution in [0.15, 0.2) is 17.1 Å². The van der Waals surface area contributed by atoms with Crippen molar-refractivity contribution in [3.8, 4) is 0 Å². The lowest BCUT2D eigenvalue weighted by Gasteiger charge is -2.21. The summed E-state index contributed by atoms with van der Waals surface area (Å²) in [5, 5.41) is 21.0. The Balaban J connectivity index is 1.74. The summed E-state index contributed by atoms with van der Waals surface area (Å²) in [6, 6.07) is 1.25. The van der Waals surface area contributed by atoms with Gasteiger partial charge in [-0.15, -0.1) is 0 Å². The second-order valence-corrected chi connectivity index (χ2v) is 24.5. The highest BCUT2D eigenvalue weighted by Gasteiger charge is 2.46. The third kappa shape index (κ3) is 34.5. The predicted octanol–water partition coefficient (Wildman–Crippen LogP) is 12.7. The predicted molar refractivity (Wildman–Crippen MR) is 289 cm³/mol. The molecule has 2 heterocycles. The van der Waals surface area contributed by atoms with Gasteiger partial charge < -0.3 is 39.9 Å². The number of aromatic nitrogens is 2. The van der Waals surface area contributed by atoms with Crippen molar-refractivity contribution in [3.05, 3.63) is 22.7 Å². The normalized spacial score (nSPS) is 18.9. The molecule has 0 saturated carbocycles. The molecule has 20 heteroatoms. The summed E-state index contributed by atoms with van der Waals surface area (Å²) >= 11 is 0. The van der Waals surface area contributed by atoms with E-state index < -0.39 is 83.7 Å². The third-order valence-corrected chi connectivity index (χ3v) is 16.1. The van der Waals surface area contributed by atoms with Gasteiger partial charge in [-0.2, -0.15) is 9.29 Å². The van der Waals surface area contributed by atoms with Crippen LogP contribution in [0.1, 0.15) is 252 Å². The highest BCUT2D eigenvalue weighted by atomic mass is 31.3. The number of esters is 2. The minimum Gasteiger partial charge on any atom is -0.462 e. The van der Waals surface area contributed by atoms with Crippen LogP contribution in [0.5, 0.6) is 0 Å². The monoisotopic (exact) mass is 1090 g/mol. The number of nitrogen functional groups attached to an aromatic ring is 1. The van der Waals surface area contributed by atoms with Gasteiger partial charge in [0.25, 0.3) is 0 Å². The van der Waals surface area contributed by atoms with Crippen LogP contribution in [-0.2, 0) is 46.3 Å². The second kappa shape index (κ2) is 40.9. The number of hydrogen-bond donors (Lipinski definition) is 5. The molecule has 1 aromatic rings. The summed E-state index contributed by atoms with van der Waals surface area (Å²) in [7, 11) is -10.8. The van der Waals surface area contributed by atoms with Crippen LogP contribution in [0.3, 0.4) is 0 Å². The number of aliphatic hydroxyl groups excluding tert-OH is 2. The standard InChI is InChI=1S/C54H101N3O15P2/c1-44(2)35-31-27-23-19-15-11-7-5-9-13-17-21-25-29-33-37-49(58)67-41-46(70-50(59)38-34-30-26-22-18-14-10-6-8-12-16-20-24-28-32-36-45(3)4)42-68-73(63,64)72-74(65,66)69-43-47-51(60)52(61)53(71-47)57-40-39-48(55)56-54(57)62/h39-40,44-47,51-53,60-61H,5-38,41-43H2,1-4H3,(H,63,64)(H,65,66)(H2,55,56,62)/t46-,47-,51+,52?,53-/m1/s1. The molecule has 0 radical (unpaired) electrons. The third-order valence-electron chi connectivity index (χ3n) is 13.5. The van der Waals surface area contributed by atoms with Crippen LogP contribution >= 0.6 is 15.6 Å². The molecule has 7 atom stereocenters. The molecule has 74 heavy (non-hydrogen) atoms. The zero-order valence-corrected chi connectivity index (χ0v) is 47.8. The molecule has 18 nitrogen and oxygen atoms in total. The average Bonchev–Trinajstić information content (AvgIpc) is 3.61. The van der Waals surface area contributed by atoms with E-state index in [1.807, 2.05) is 0 Å². The highest BCUT2D eigenvalue weighted by molar-refractivity contribution is 7.61. The van der Waals surface area contributed by atoms with Crippen molar-refractivity contribution in [2.24, 2.45) is 11.8 Å². The van der Waals surface area contributed by atoms with Crippen LogP contribution in [0.4, 0.5) is 5.82 Å². The Morgan fingerprint density at radius 2 is 1.00 bits per heavy atom. The van der Waals surface area contributed by atoms with E-state index in [1.54, 1.807) is 0 Å². The topological polar surface area (TPSA) is 265 Å². The molecule has 1 fully saturated rings. The minimum atomic E-state index is -5.42. The van der Waals surface area contributed by atoms with Crippen molar-refractivity contribution in [2.45, 2.75) is 277 Å². The maximum atomic E-state index is 12.9. The molecule has 3 unspecified atom stereocenters. The van der Waals surface area contributed by atoms with Gasteiger partial charge in [-0.1, -0.05) is 220 Å². The first-order valence-electron chi connectivity index (χ1n) is 28.8. The number of nitrogens with two attached hydrogens (primary N) is 1. The van der Waals surface area contributed by atoms with Crippen LogP contribution in [0.25, 0.3) is 0 Å². The van der Waals surface area contributed by atoms with E-state index in [0.717, 1.165) is 67.8 Å². The first-order chi connectivity index (χ1) is 35.4. The minimum absolute atomic E-state index is 0.0576. The molecule has 2 rings (SSSR count). The molecule has 432 valence electrons. The quantitative estimate of drug-likeness (QED) is 0.0231. The van der Waals surface area contributed by atoms with E-state index in [4.69, 9.17) is 29.0 Å². The van der Waals surface area contributed by atoms with Crippen LogP contribution in [-0.4, -0.2) is 85.7 Å². The molecule has 1 saturated heterocycles. The van der Waals surface area contributed by atoms with Crippen LogP contribution in [0, 0.1) is 11.8 Å². The van der Waals surface area contributed by atoms with E-state index in [0.29, 0.717) is 12.8 Å². The lowest BCUT2D eigenvalue weighted by Crippen LogP contribution is -2.36. The van der Waals surface area contributed by atoms with Crippen LogP contribution < -0.4 is 11.4 Å². The summed E-state index contributed by atoms with van der Waals surface area (Å²) in [5.74, 6) is 0.335. The number of rotatable bonds is 48. The van der Waals surface area contributed by atoms with Crippen molar-refractivity contribution in [3.63, 3.8) is 0 Å². The van der Waals surface area contributed by atoms with E-state index >= 15 is 0 Å². The molecule has 1 aliphatic rings. The fourth-order valence-electron chi connectivity index (χ4n) is 9.10. The molecule has 0 spiro atoms. The number of phosphoric acid groups is 2. The number of ether oxygens (including phenoxy) is 3. The van der Waals surface area contributed by atoms with Crippen LogP contribution in [0.2, 0.25) is 0 Å². The Bertz CT molecular complexity index is 1770. The smallest absolute Gasteiger partial charge is 0.462 e. The van der Waals surface area contributed by atoms with Crippen molar-refractivity contribution in [2.75, 3.05) is 25.6 Å². The maximum absolute atomic E-state index is 12.9. The Labute approximate surface area is 444 Å². The van der Waals surface area contributed by atoms with Gasteiger partial charge in [0.1, 0.15) is 30.7 Å². The molecule has 0 bridgehead atoms. The summed E-state index contributed by atoms with van der Waals surface area (Å²) in [6.45, 7) is 6.88. The second-order valence-electron chi connectivity index (χ2n) is 21.5. The van der Waals surface area contributed by atoms with E-state index in [1.165, 1.54) is 154 Å². The molecule has 0 aromatic carbocycles. The van der Waals surface area contributed by atoms with Gasteiger partial charge in [-0.3, -0.25) is 23.2 Å². The Hall–Kier alpha value is -2.24. The fraction of sp³-hybridized carbons (Fsp3) is 0.889. The van der Waals surface area contributed by atoms with E-state index in [-0.39, 0.29) is 18.7 Å². The average molecular weight is 1090 g/mol. The zero-order valence-electron chi connectivity index (χ0n) is 46.0. The number of unbranched alkanes of at least 4 members (excludes halogenated alkanes) is 28. The largest absolute Gasteiger partial charge is 0.481 e. The van der Waals surface area contributed by atoms with Crippen molar-refractivity contribution < 1.29 is 66.3 Å². The molecule has 1 aliphatic heterocycles. The number of phosphoric ester groups is 2. The number of anilines is 1. The lowest BCUT2D eigenvalue weighted by molar-refractivity contribution is -0.161. The van der Waals surface area contributed by atoms with Crippen molar-refractivity contribution >= 4 is 33.4 Å².